The van der Waals surface area contributed by atoms with E-state index in [-0.39, 0.29) is 5.91 Å². The Morgan fingerprint density at radius 1 is 0.931 bits per heavy atom. The van der Waals surface area contributed by atoms with E-state index in [1.54, 1.807) is 6.07 Å². The molecular formula is C24H27N3O2. The number of primary amides is 1. The van der Waals surface area contributed by atoms with Crippen molar-refractivity contribution in [3.63, 3.8) is 0 Å². The molecule has 0 bridgehead atoms. The van der Waals surface area contributed by atoms with Gasteiger partial charge in [0.15, 0.2) is 0 Å². The van der Waals surface area contributed by atoms with Crippen LogP contribution in [-0.2, 0) is 11.2 Å². The summed E-state index contributed by atoms with van der Waals surface area (Å²) >= 11 is 0. The van der Waals surface area contributed by atoms with E-state index >= 15 is 0 Å². The van der Waals surface area contributed by atoms with E-state index in [0.29, 0.717) is 23.4 Å². The molecule has 0 spiro atoms. The number of benzene rings is 3. The molecule has 0 saturated heterocycles. The van der Waals surface area contributed by atoms with Crippen LogP contribution in [0.5, 0.6) is 0 Å². The Kier molecular flexibility index (Phi) is 6.50. The maximum absolute atomic E-state index is 12.3. The number of fused-ring (bicyclic) bond motifs is 1. The largest absolute Gasteiger partial charge is 0.397 e. The molecule has 3 aromatic rings. The smallest absolute Gasteiger partial charge is 0.248 e. The van der Waals surface area contributed by atoms with Crippen LogP contribution in [0, 0.1) is 6.92 Å². The lowest BCUT2D eigenvalue weighted by molar-refractivity contribution is -0.116. The summed E-state index contributed by atoms with van der Waals surface area (Å²) in [7, 11) is 0. The summed E-state index contributed by atoms with van der Waals surface area (Å²) in [5, 5.41) is 5.01. The molecule has 0 fully saturated rings. The van der Waals surface area contributed by atoms with Crippen molar-refractivity contribution in [1.82, 2.24) is 0 Å². The lowest BCUT2D eigenvalue weighted by atomic mass is 9.98. The molecule has 3 aromatic carbocycles. The minimum atomic E-state index is -0.396. The summed E-state index contributed by atoms with van der Waals surface area (Å²) < 4.78 is 0. The zero-order valence-electron chi connectivity index (χ0n) is 16.7. The van der Waals surface area contributed by atoms with Crippen LogP contribution in [0.1, 0.15) is 47.2 Å². The van der Waals surface area contributed by atoms with Crippen LogP contribution < -0.4 is 16.8 Å². The molecule has 0 saturated carbocycles. The molecule has 2 amide bonds. The average molecular weight is 389 g/mol. The molecule has 0 heterocycles. The van der Waals surface area contributed by atoms with Crippen LogP contribution >= 0.6 is 0 Å². The van der Waals surface area contributed by atoms with Gasteiger partial charge < -0.3 is 16.8 Å². The van der Waals surface area contributed by atoms with Gasteiger partial charge in [-0.15, -0.1) is 0 Å². The third-order valence-corrected chi connectivity index (χ3v) is 5.07. The SMILES string of the molecule is Cc1ccc(C(N)=O)c(CCCCCC(=O)Nc2cc3ccccc3cc2N)c1. The van der Waals surface area contributed by atoms with E-state index in [1.807, 2.05) is 55.5 Å². The van der Waals surface area contributed by atoms with Crippen molar-refractivity contribution < 1.29 is 9.59 Å². The topological polar surface area (TPSA) is 98.2 Å². The van der Waals surface area contributed by atoms with Crippen LogP contribution in [0.3, 0.4) is 0 Å². The fraction of sp³-hybridized carbons (Fsp3) is 0.250. The number of amides is 2. The zero-order valence-corrected chi connectivity index (χ0v) is 16.7. The number of hydrogen-bond donors (Lipinski definition) is 3. The van der Waals surface area contributed by atoms with E-state index in [1.165, 1.54) is 0 Å². The molecule has 5 N–H and O–H groups in total. The molecule has 0 aliphatic heterocycles. The monoisotopic (exact) mass is 389 g/mol. The summed E-state index contributed by atoms with van der Waals surface area (Å²) in [6.45, 7) is 2.00. The van der Waals surface area contributed by atoms with Gasteiger partial charge in [-0.1, -0.05) is 48.4 Å². The maximum Gasteiger partial charge on any atom is 0.248 e. The molecule has 29 heavy (non-hydrogen) atoms. The van der Waals surface area contributed by atoms with Crippen LogP contribution in [0.25, 0.3) is 10.8 Å². The highest BCUT2D eigenvalue weighted by atomic mass is 16.1. The van der Waals surface area contributed by atoms with Gasteiger partial charge in [0.2, 0.25) is 11.8 Å². The number of nitrogens with two attached hydrogens (primary N) is 2. The molecule has 5 nitrogen and oxygen atoms in total. The van der Waals surface area contributed by atoms with Crippen LogP contribution in [0.15, 0.2) is 54.6 Å². The van der Waals surface area contributed by atoms with E-state index in [9.17, 15) is 9.59 Å². The van der Waals surface area contributed by atoms with E-state index in [0.717, 1.165) is 47.6 Å². The number of anilines is 2. The fourth-order valence-corrected chi connectivity index (χ4v) is 3.53. The van der Waals surface area contributed by atoms with Crippen molar-refractivity contribution >= 4 is 34.0 Å². The molecular weight excluding hydrogens is 362 g/mol. The summed E-state index contributed by atoms with van der Waals surface area (Å²) in [5.41, 5.74) is 15.4. The number of carbonyl (C=O) groups excluding carboxylic acids is 2. The molecule has 0 aliphatic rings. The van der Waals surface area contributed by atoms with Crippen LogP contribution in [-0.4, -0.2) is 11.8 Å². The Morgan fingerprint density at radius 2 is 1.66 bits per heavy atom. The van der Waals surface area contributed by atoms with Crippen molar-refractivity contribution in [3.8, 4) is 0 Å². The van der Waals surface area contributed by atoms with Gasteiger partial charge in [-0.25, -0.2) is 0 Å². The summed E-state index contributed by atoms with van der Waals surface area (Å²) in [6, 6.07) is 17.4. The highest BCUT2D eigenvalue weighted by Gasteiger charge is 2.09. The average Bonchev–Trinajstić information content (AvgIpc) is 2.68. The maximum atomic E-state index is 12.3. The Labute approximate surface area is 171 Å². The molecule has 0 radical (unpaired) electrons. The van der Waals surface area contributed by atoms with Crippen molar-refractivity contribution in [3.05, 3.63) is 71.3 Å². The Hall–Kier alpha value is -3.34. The lowest BCUT2D eigenvalue weighted by Crippen LogP contribution is -2.14. The number of hydrogen-bond acceptors (Lipinski definition) is 3. The third-order valence-electron chi connectivity index (χ3n) is 5.07. The minimum Gasteiger partial charge on any atom is -0.397 e. The first-order chi connectivity index (χ1) is 13.9. The highest BCUT2D eigenvalue weighted by molar-refractivity contribution is 5.99. The Morgan fingerprint density at radius 3 is 2.38 bits per heavy atom. The van der Waals surface area contributed by atoms with Crippen molar-refractivity contribution in [2.45, 2.75) is 39.0 Å². The van der Waals surface area contributed by atoms with Crippen LogP contribution in [0.4, 0.5) is 11.4 Å². The molecule has 0 atom stereocenters. The molecule has 5 heteroatoms. The molecule has 0 aromatic heterocycles. The highest BCUT2D eigenvalue weighted by Crippen LogP contribution is 2.26. The number of aryl methyl sites for hydroxylation is 2. The van der Waals surface area contributed by atoms with Gasteiger partial charge in [0.25, 0.3) is 0 Å². The van der Waals surface area contributed by atoms with Gasteiger partial charge in [-0.2, -0.15) is 0 Å². The first-order valence-electron chi connectivity index (χ1n) is 9.91. The van der Waals surface area contributed by atoms with E-state index in [4.69, 9.17) is 11.5 Å². The van der Waals surface area contributed by atoms with Crippen molar-refractivity contribution in [2.75, 3.05) is 11.1 Å². The summed E-state index contributed by atoms with van der Waals surface area (Å²) in [4.78, 5) is 23.8. The first kappa shape index (κ1) is 20.4. The van der Waals surface area contributed by atoms with Crippen LogP contribution in [0.2, 0.25) is 0 Å². The standard InChI is InChI=1S/C24H27N3O2/c1-16-11-12-20(24(26)29)19(13-16)9-3-2-4-10-23(28)27-22-15-18-8-6-5-7-17(18)14-21(22)25/h5-8,11-15H,2-4,9-10,25H2,1H3,(H2,26,29)(H,27,28). The number of carbonyl (C=O) groups is 2. The second-order valence-electron chi connectivity index (χ2n) is 7.42. The molecule has 0 unspecified atom stereocenters. The summed E-state index contributed by atoms with van der Waals surface area (Å²) in [5.74, 6) is -0.437. The van der Waals surface area contributed by atoms with Crippen molar-refractivity contribution in [1.29, 1.82) is 0 Å². The summed E-state index contributed by atoms with van der Waals surface area (Å²) in [6.07, 6.45) is 3.78. The van der Waals surface area contributed by atoms with Gasteiger partial charge in [-0.05, 0) is 60.7 Å². The van der Waals surface area contributed by atoms with Gasteiger partial charge in [0.1, 0.15) is 0 Å². The number of nitrogens with one attached hydrogen (secondary N) is 1. The van der Waals surface area contributed by atoms with E-state index < -0.39 is 5.91 Å². The zero-order chi connectivity index (χ0) is 20.8. The number of unbranched alkanes of at least 4 members (excludes halogenated alkanes) is 2. The third kappa shape index (κ3) is 5.35. The normalized spacial score (nSPS) is 10.8. The predicted octanol–water partition coefficient (Wildman–Crippen LogP) is 4.57. The minimum absolute atomic E-state index is 0.0413. The quantitative estimate of drug-likeness (QED) is 0.389. The van der Waals surface area contributed by atoms with Gasteiger partial charge in [0, 0.05) is 12.0 Å². The Bertz CT molecular complexity index is 1040. The molecule has 150 valence electrons. The van der Waals surface area contributed by atoms with Gasteiger partial charge in [0.05, 0.1) is 11.4 Å². The predicted molar refractivity (Wildman–Crippen MR) is 119 cm³/mol. The van der Waals surface area contributed by atoms with Gasteiger partial charge in [-0.3, -0.25) is 9.59 Å². The lowest BCUT2D eigenvalue weighted by Gasteiger charge is -2.10. The molecule has 3 rings (SSSR count). The van der Waals surface area contributed by atoms with Gasteiger partial charge >= 0.3 is 0 Å². The number of nitrogen functional groups attached to an aromatic ring is 1. The fourth-order valence-electron chi connectivity index (χ4n) is 3.53. The van der Waals surface area contributed by atoms with E-state index in [2.05, 4.69) is 5.32 Å². The molecule has 0 aliphatic carbocycles. The van der Waals surface area contributed by atoms with Crippen molar-refractivity contribution in [2.24, 2.45) is 5.73 Å². The second-order valence-corrected chi connectivity index (χ2v) is 7.42. The Balaban J connectivity index is 1.48. The number of rotatable bonds is 8. The first-order valence-corrected chi connectivity index (χ1v) is 9.91. The second kappa shape index (κ2) is 9.24.